The lowest BCUT2D eigenvalue weighted by molar-refractivity contribution is -0.143. The lowest BCUT2D eigenvalue weighted by Gasteiger charge is -2.29. The number of carbonyl (C=O) groups is 1. The monoisotopic (exact) mass is 222 g/mol. The number of aliphatic imine (C=N–C) groups is 1. The molecule has 0 radical (unpaired) electrons. The van der Waals surface area contributed by atoms with E-state index in [2.05, 4.69) is 5.32 Å². The number of carboxylic acids is 1. The molecule has 0 spiro atoms. The van der Waals surface area contributed by atoms with Crippen molar-refractivity contribution in [1.82, 2.24) is 5.32 Å². The van der Waals surface area contributed by atoms with Crippen molar-refractivity contribution < 1.29 is 9.90 Å². The van der Waals surface area contributed by atoms with Gasteiger partial charge in [-0.15, -0.1) is 0 Å². The Morgan fingerprint density at radius 3 is 2.75 bits per heavy atom. The number of hydrogen-bond acceptors (Lipinski definition) is 3. The fourth-order valence-corrected chi connectivity index (χ4v) is 3.00. The van der Waals surface area contributed by atoms with Crippen LogP contribution in [0.4, 0.5) is 0 Å². The minimum Gasteiger partial charge on any atom is -0.481 e. The Kier molecular flexibility index (Phi) is 2.37. The summed E-state index contributed by atoms with van der Waals surface area (Å²) in [6, 6.07) is 0.650. The number of carboxylic acid groups (broad SMARTS) is 1. The molecular formula is C12H18N2O2. The van der Waals surface area contributed by atoms with Crippen LogP contribution in [0.15, 0.2) is 4.99 Å². The molecule has 0 aromatic heterocycles. The maximum atomic E-state index is 11.0. The second-order valence-corrected chi connectivity index (χ2v) is 5.31. The van der Waals surface area contributed by atoms with Crippen molar-refractivity contribution in [2.45, 2.75) is 50.6 Å². The third kappa shape index (κ3) is 1.60. The van der Waals surface area contributed by atoms with Crippen LogP contribution in [-0.4, -0.2) is 29.0 Å². The number of amidine groups is 1. The van der Waals surface area contributed by atoms with Gasteiger partial charge in [-0.2, -0.15) is 0 Å². The van der Waals surface area contributed by atoms with Crippen LogP contribution >= 0.6 is 0 Å². The minimum atomic E-state index is -0.641. The topological polar surface area (TPSA) is 61.7 Å². The molecule has 3 atom stereocenters. The molecule has 16 heavy (non-hydrogen) atoms. The van der Waals surface area contributed by atoms with Gasteiger partial charge in [0.25, 0.3) is 0 Å². The van der Waals surface area contributed by atoms with Crippen molar-refractivity contribution in [3.05, 3.63) is 0 Å². The van der Waals surface area contributed by atoms with Crippen LogP contribution < -0.4 is 5.32 Å². The van der Waals surface area contributed by atoms with E-state index in [1.807, 2.05) is 0 Å². The van der Waals surface area contributed by atoms with Crippen molar-refractivity contribution >= 4 is 11.8 Å². The molecule has 2 N–H and O–H groups in total. The molecule has 0 aromatic rings. The molecule has 0 saturated heterocycles. The summed E-state index contributed by atoms with van der Waals surface area (Å²) in [5.74, 6) is 1.02. The van der Waals surface area contributed by atoms with E-state index in [0.29, 0.717) is 18.0 Å². The standard InChI is InChI=1S/C12H18N2O2/c15-12(16)8-4-5-9-10(6-8)14-11(13-9)7-2-1-3-7/h7-10H,1-6H2,(H,13,14)(H,15,16). The third-order valence-corrected chi connectivity index (χ3v) is 4.29. The van der Waals surface area contributed by atoms with Crippen LogP contribution in [0.25, 0.3) is 0 Å². The Balaban J connectivity index is 1.65. The molecule has 4 heteroatoms. The predicted molar refractivity (Wildman–Crippen MR) is 60.5 cm³/mol. The van der Waals surface area contributed by atoms with Crippen LogP contribution in [0, 0.1) is 11.8 Å². The van der Waals surface area contributed by atoms with Crippen molar-refractivity contribution in [2.75, 3.05) is 0 Å². The minimum absolute atomic E-state index is 0.162. The molecule has 0 aromatic carbocycles. The number of nitrogens with one attached hydrogen (secondary N) is 1. The highest BCUT2D eigenvalue weighted by molar-refractivity contribution is 5.87. The summed E-state index contributed by atoms with van der Waals surface area (Å²) in [5.41, 5.74) is 0. The number of fused-ring (bicyclic) bond motifs is 1. The Morgan fingerprint density at radius 2 is 2.12 bits per heavy atom. The predicted octanol–water partition coefficient (Wildman–Crippen LogP) is 1.41. The van der Waals surface area contributed by atoms with E-state index in [0.717, 1.165) is 19.3 Å². The van der Waals surface area contributed by atoms with Gasteiger partial charge >= 0.3 is 5.97 Å². The van der Waals surface area contributed by atoms with Gasteiger partial charge in [-0.3, -0.25) is 9.79 Å². The molecule has 2 fully saturated rings. The summed E-state index contributed by atoms with van der Waals surface area (Å²) >= 11 is 0. The van der Waals surface area contributed by atoms with Crippen LogP contribution in [-0.2, 0) is 4.79 Å². The van der Waals surface area contributed by atoms with Crippen molar-refractivity contribution in [2.24, 2.45) is 16.8 Å². The van der Waals surface area contributed by atoms with E-state index < -0.39 is 5.97 Å². The number of hydrogen-bond donors (Lipinski definition) is 2. The van der Waals surface area contributed by atoms with E-state index in [9.17, 15) is 4.79 Å². The van der Waals surface area contributed by atoms with Crippen LogP contribution in [0.3, 0.4) is 0 Å². The van der Waals surface area contributed by atoms with Gasteiger partial charge < -0.3 is 10.4 Å². The number of rotatable bonds is 2. The average molecular weight is 222 g/mol. The van der Waals surface area contributed by atoms with Crippen LogP contribution in [0.5, 0.6) is 0 Å². The molecule has 88 valence electrons. The first-order chi connectivity index (χ1) is 7.74. The summed E-state index contributed by atoms with van der Waals surface area (Å²) < 4.78 is 0. The Bertz CT molecular complexity index is 336. The summed E-state index contributed by atoms with van der Waals surface area (Å²) in [7, 11) is 0. The average Bonchev–Trinajstić information content (AvgIpc) is 2.56. The first-order valence-electron chi connectivity index (χ1n) is 6.31. The van der Waals surface area contributed by atoms with E-state index in [4.69, 9.17) is 10.1 Å². The van der Waals surface area contributed by atoms with E-state index in [1.165, 1.54) is 25.1 Å². The smallest absolute Gasteiger partial charge is 0.306 e. The number of aliphatic carboxylic acids is 1. The first kappa shape index (κ1) is 10.1. The molecule has 2 aliphatic carbocycles. The zero-order valence-corrected chi connectivity index (χ0v) is 9.35. The second kappa shape index (κ2) is 3.75. The molecule has 1 aliphatic heterocycles. The summed E-state index contributed by atoms with van der Waals surface area (Å²) in [5, 5.41) is 12.5. The molecule has 3 aliphatic rings. The Hall–Kier alpha value is -1.06. The maximum Gasteiger partial charge on any atom is 0.306 e. The van der Waals surface area contributed by atoms with E-state index in [-0.39, 0.29) is 5.92 Å². The maximum absolute atomic E-state index is 11.0. The first-order valence-corrected chi connectivity index (χ1v) is 6.31. The van der Waals surface area contributed by atoms with Gasteiger partial charge in [0.1, 0.15) is 5.84 Å². The van der Waals surface area contributed by atoms with Gasteiger partial charge in [-0.25, -0.2) is 0 Å². The zero-order valence-electron chi connectivity index (χ0n) is 9.35. The largest absolute Gasteiger partial charge is 0.481 e. The lowest BCUT2D eigenvalue weighted by atomic mass is 9.83. The Labute approximate surface area is 95.1 Å². The molecule has 0 bridgehead atoms. The molecule has 2 saturated carbocycles. The lowest BCUT2D eigenvalue weighted by Crippen LogP contribution is -2.43. The molecule has 0 amide bonds. The van der Waals surface area contributed by atoms with E-state index >= 15 is 0 Å². The SMILES string of the molecule is O=C(O)C1CCC2N=C(C3CCC3)NC2C1. The van der Waals surface area contributed by atoms with Gasteiger partial charge in [0.2, 0.25) is 0 Å². The summed E-state index contributed by atoms with van der Waals surface area (Å²) in [4.78, 5) is 15.7. The van der Waals surface area contributed by atoms with Gasteiger partial charge in [-0.1, -0.05) is 6.42 Å². The van der Waals surface area contributed by atoms with E-state index in [1.54, 1.807) is 0 Å². The van der Waals surface area contributed by atoms with Crippen molar-refractivity contribution in [3.63, 3.8) is 0 Å². The third-order valence-electron chi connectivity index (χ3n) is 4.29. The zero-order chi connectivity index (χ0) is 11.1. The van der Waals surface area contributed by atoms with Crippen molar-refractivity contribution in [3.8, 4) is 0 Å². The van der Waals surface area contributed by atoms with Crippen molar-refractivity contribution in [1.29, 1.82) is 0 Å². The van der Waals surface area contributed by atoms with Crippen LogP contribution in [0.1, 0.15) is 38.5 Å². The molecule has 3 unspecified atom stereocenters. The quantitative estimate of drug-likeness (QED) is 0.742. The Morgan fingerprint density at radius 1 is 1.31 bits per heavy atom. The van der Waals surface area contributed by atoms with Gasteiger partial charge in [0, 0.05) is 5.92 Å². The van der Waals surface area contributed by atoms with Gasteiger partial charge in [0.05, 0.1) is 18.0 Å². The summed E-state index contributed by atoms with van der Waals surface area (Å²) in [6.45, 7) is 0. The molecule has 1 heterocycles. The molecule has 4 nitrogen and oxygen atoms in total. The normalized spacial score (nSPS) is 38.2. The van der Waals surface area contributed by atoms with Crippen LogP contribution in [0.2, 0.25) is 0 Å². The fourth-order valence-electron chi connectivity index (χ4n) is 3.00. The second-order valence-electron chi connectivity index (χ2n) is 5.31. The summed E-state index contributed by atoms with van der Waals surface area (Å²) in [6.07, 6.45) is 6.31. The highest BCUT2D eigenvalue weighted by Crippen LogP contribution is 2.34. The van der Waals surface area contributed by atoms with Gasteiger partial charge in [0.15, 0.2) is 0 Å². The molecule has 3 rings (SSSR count). The molecular weight excluding hydrogens is 204 g/mol. The highest BCUT2D eigenvalue weighted by atomic mass is 16.4. The fraction of sp³-hybridized carbons (Fsp3) is 0.833. The number of nitrogens with zero attached hydrogens (tertiary/aromatic N) is 1. The highest BCUT2D eigenvalue weighted by Gasteiger charge is 2.39. The van der Waals surface area contributed by atoms with Gasteiger partial charge in [-0.05, 0) is 32.1 Å².